The number of fused-ring (bicyclic) bond motifs is 4. The predicted octanol–water partition coefficient (Wildman–Crippen LogP) is 5.64. The Morgan fingerprint density at radius 3 is 2.40 bits per heavy atom. The van der Waals surface area contributed by atoms with Crippen molar-refractivity contribution in [3.8, 4) is 17.1 Å². The van der Waals surface area contributed by atoms with Gasteiger partial charge in [0, 0.05) is 21.7 Å². The van der Waals surface area contributed by atoms with Crippen molar-refractivity contribution in [3.63, 3.8) is 0 Å². The van der Waals surface area contributed by atoms with Crippen molar-refractivity contribution in [2.75, 3.05) is 7.11 Å². The third-order valence-electron chi connectivity index (χ3n) is 6.21. The number of methoxy groups -OCH3 is 1. The minimum Gasteiger partial charge on any atom is -0.497 e. The molecule has 0 unspecified atom stereocenters. The number of benzene rings is 4. The van der Waals surface area contributed by atoms with Crippen molar-refractivity contribution < 1.29 is 27.1 Å². The highest BCUT2D eigenvalue weighted by atomic mass is 19.4. The van der Waals surface area contributed by atoms with Gasteiger partial charge in [0.15, 0.2) is 0 Å². The van der Waals surface area contributed by atoms with Crippen LogP contribution in [0, 0.1) is 0 Å². The number of para-hydroxylation sites is 1. The van der Waals surface area contributed by atoms with Gasteiger partial charge < -0.3 is 9.15 Å². The Hall–Kier alpha value is -4.39. The van der Waals surface area contributed by atoms with Crippen LogP contribution in [0.25, 0.3) is 38.6 Å². The molecule has 0 N–H and O–H groups in total. The van der Waals surface area contributed by atoms with E-state index in [4.69, 9.17) is 9.15 Å². The highest BCUT2D eigenvalue weighted by Crippen LogP contribution is 2.42. The molecule has 1 aliphatic heterocycles. The summed E-state index contributed by atoms with van der Waals surface area (Å²) in [5.41, 5.74) is 1.01. The molecule has 0 spiro atoms. The summed E-state index contributed by atoms with van der Waals surface area (Å²) in [6.45, 7) is 0. The maximum Gasteiger partial charge on any atom is 0.416 e. The minimum absolute atomic E-state index is 0.305. The molecule has 1 aromatic heterocycles. The first-order valence-corrected chi connectivity index (χ1v) is 10.8. The standard InChI is InChI=1S/C28H16F3NO3/c1-34-18-12-8-15-9-13-22-23(20(15)14-18)25(24-19-4-2-3-5-21(19)32-27(24)33)26(35-22)16-6-10-17(11-7-16)28(29,30)31/h2-14H,1H3. The molecule has 0 saturated heterocycles. The van der Waals surface area contributed by atoms with Crippen LogP contribution < -0.4 is 15.3 Å². The third kappa shape index (κ3) is 3.31. The van der Waals surface area contributed by atoms with E-state index < -0.39 is 17.6 Å². The van der Waals surface area contributed by atoms with Crippen LogP contribution in [0.3, 0.4) is 0 Å². The number of hydrogen-bond acceptors (Lipinski definition) is 3. The fourth-order valence-electron chi connectivity index (χ4n) is 4.58. The number of nitrogens with zero attached hydrogens (tertiary/aromatic N) is 1. The Labute approximate surface area is 196 Å². The van der Waals surface area contributed by atoms with Crippen LogP contribution in [-0.4, -0.2) is 13.0 Å². The Bertz CT molecular complexity index is 1780. The molecule has 0 saturated carbocycles. The fraction of sp³-hybridized carbons (Fsp3) is 0.0714. The molecule has 4 nitrogen and oxygen atoms in total. The van der Waals surface area contributed by atoms with Crippen LogP contribution in [0.2, 0.25) is 0 Å². The predicted molar refractivity (Wildman–Crippen MR) is 125 cm³/mol. The Kier molecular flexibility index (Phi) is 4.57. The third-order valence-corrected chi connectivity index (χ3v) is 6.21. The second-order valence-corrected chi connectivity index (χ2v) is 8.22. The Balaban J connectivity index is 1.75. The van der Waals surface area contributed by atoms with Crippen molar-refractivity contribution >= 4 is 33.2 Å². The van der Waals surface area contributed by atoms with Crippen molar-refractivity contribution in [2.45, 2.75) is 6.18 Å². The number of rotatable bonds is 3. The number of amides is 1. The van der Waals surface area contributed by atoms with Gasteiger partial charge in [0.25, 0.3) is 5.91 Å². The summed E-state index contributed by atoms with van der Waals surface area (Å²) >= 11 is 0. The van der Waals surface area contributed by atoms with Gasteiger partial charge in [-0.25, -0.2) is 4.99 Å². The van der Waals surface area contributed by atoms with Crippen molar-refractivity contribution in [1.29, 1.82) is 0 Å². The van der Waals surface area contributed by atoms with E-state index in [1.807, 2.05) is 30.3 Å². The van der Waals surface area contributed by atoms with E-state index in [2.05, 4.69) is 4.99 Å². The lowest BCUT2D eigenvalue weighted by Crippen LogP contribution is -2.22. The molecule has 1 aliphatic rings. The highest BCUT2D eigenvalue weighted by molar-refractivity contribution is 6.28. The second-order valence-electron chi connectivity index (χ2n) is 8.22. The minimum atomic E-state index is -4.46. The molecule has 7 heteroatoms. The van der Waals surface area contributed by atoms with E-state index in [-0.39, 0.29) is 0 Å². The highest BCUT2D eigenvalue weighted by Gasteiger charge is 2.31. The van der Waals surface area contributed by atoms with Crippen molar-refractivity contribution in [3.05, 3.63) is 101 Å². The fourth-order valence-corrected chi connectivity index (χ4v) is 4.58. The topological polar surface area (TPSA) is 51.8 Å². The van der Waals surface area contributed by atoms with Gasteiger partial charge in [0.1, 0.15) is 17.1 Å². The zero-order valence-corrected chi connectivity index (χ0v) is 18.3. The van der Waals surface area contributed by atoms with Gasteiger partial charge >= 0.3 is 6.18 Å². The van der Waals surface area contributed by atoms with E-state index in [1.165, 1.54) is 12.1 Å². The molecule has 1 amide bonds. The molecule has 0 radical (unpaired) electrons. The van der Waals surface area contributed by atoms with Gasteiger partial charge in [-0.1, -0.05) is 42.5 Å². The van der Waals surface area contributed by atoms with Gasteiger partial charge in [0.05, 0.1) is 23.6 Å². The van der Waals surface area contributed by atoms with E-state index in [0.29, 0.717) is 49.8 Å². The number of furan rings is 1. The molecule has 172 valence electrons. The number of ether oxygens (including phenoxy) is 1. The average molecular weight is 471 g/mol. The Morgan fingerprint density at radius 2 is 1.66 bits per heavy atom. The molecule has 5 aromatic rings. The summed E-state index contributed by atoms with van der Waals surface area (Å²) in [5, 5.41) is 3.55. The number of alkyl halides is 3. The van der Waals surface area contributed by atoms with Crippen LogP contribution in [-0.2, 0) is 11.0 Å². The Morgan fingerprint density at radius 1 is 0.914 bits per heavy atom. The number of carbonyl (C=O) groups excluding carboxylic acids is 1. The van der Waals surface area contributed by atoms with Crippen LogP contribution in [0.4, 0.5) is 13.2 Å². The molecule has 0 atom stereocenters. The van der Waals surface area contributed by atoms with E-state index in [0.717, 1.165) is 22.9 Å². The molecule has 4 aromatic carbocycles. The number of halogens is 3. The van der Waals surface area contributed by atoms with Crippen LogP contribution in [0.5, 0.6) is 5.75 Å². The monoisotopic (exact) mass is 471 g/mol. The zero-order chi connectivity index (χ0) is 24.3. The summed E-state index contributed by atoms with van der Waals surface area (Å²) in [6.07, 6.45) is -4.46. The van der Waals surface area contributed by atoms with Gasteiger partial charge in [-0.2, -0.15) is 13.2 Å². The molecule has 0 bridgehead atoms. The van der Waals surface area contributed by atoms with Gasteiger partial charge in [-0.15, -0.1) is 0 Å². The summed E-state index contributed by atoms with van der Waals surface area (Å²) in [5.74, 6) is 0.502. The zero-order valence-electron chi connectivity index (χ0n) is 18.3. The normalized spacial score (nSPS) is 13.4. The van der Waals surface area contributed by atoms with E-state index >= 15 is 0 Å². The molecule has 6 rings (SSSR count). The first-order valence-electron chi connectivity index (χ1n) is 10.8. The smallest absolute Gasteiger partial charge is 0.416 e. The summed E-state index contributed by atoms with van der Waals surface area (Å²) in [7, 11) is 1.57. The van der Waals surface area contributed by atoms with E-state index in [9.17, 15) is 18.0 Å². The first kappa shape index (κ1) is 21.2. The molecule has 0 fully saturated rings. The summed E-state index contributed by atoms with van der Waals surface area (Å²) in [6, 6.07) is 21.2. The van der Waals surface area contributed by atoms with Crippen molar-refractivity contribution in [1.82, 2.24) is 0 Å². The average Bonchev–Trinajstić information content (AvgIpc) is 3.39. The van der Waals surface area contributed by atoms with Gasteiger partial charge in [0.2, 0.25) is 0 Å². The van der Waals surface area contributed by atoms with Crippen molar-refractivity contribution in [2.24, 2.45) is 4.99 Å². The lowest BCUT2D eigenvalue weighted by atomic mass is 9.93. The molecule has 2 heterocycles. The molecule has 0 aliphatic carbocycles. The van der Waals surface area contributed by atoms with Crippen LogP contribution >= 0.6 is 0 Å². The lowest BCUT2D eigenvalue weighted by Gasteiger charge is -2.09. The van der Waals surface area contributed by atoms with E-state index in [1.54, 1.807) is 31.4 Å². The summed E-state index contributed by atoms with van der Waals surface area (Å²) < 4.78 is 51.2. The lowest BCUT2D eigenvalue weighted by molar-refractivity contribution is -0.137. The second kappa shape index (κ2) is 7.56. The van der Waals surface area contributed by atoms with Gasteiger partial charge in [-0.05, 0) is 47.2 Å². The largest absolute Gasteiger partial charge is 0.497 e. The first-order chi connectivity index (χ1) is 16.8. The molecular formula is C28H16F3NO3. The maximum absolute atomic E-state index is 13.2. The number of hydrogen-bond donors (Lipinski definition) is 0. The maximum atomic E-state index is 13.2. The molecule has 35 heavy (non-hydrogen) atoms. The molecular weight excluding hydrogens is 455 g/mol. The van der Waals surface area contributed by atoms with Crippen LogP contribution in [0.15, 0.2) is 88.3 Å². The van der Waals surface area contributed by atoms with Crippen LogP contribution in [0.1, 0.15) is 11.1 Å². The number of carbonyl (C=O) groups is 1. The quantitative estimate of drug-likeness (QED) is 0.342. The SMILES string of the molecule is COc1ccc2ccc3oc(-c4ccc(C(F)(F)F)cc4)c(C4=c5ccccc5=NC4=O)c3c2c1. The van der Waals surface area contributed by atoms with Gasteiger partial charge in [-0.3, -0.25) is 4.79 Å². The summed E-state index contributed by atoms with van der Waals surface area (Å²) in [4.78, 5) is 17.4.